The van der Waals surface area contributed by atoms with Crippen LogP contribution in [-0.4, -0.2) is 45.6 Å². The summed E-state index contributed by atoms with van der Waals surface area (Å²) in [6.45, 7) is 9.54. The number of carbonyl (C=O) groups is 2. The van der Waals surface area contributed by atoms with Gasteiger partial charge in [0.2, 0.25) is 0 Å². The highest BCUT2D eigenvalue weighted by Gasteiger charge is 2.51. The predicted molar refractivity (Wildman–Crippen MR) is 138 cm³/mol. The van der Waals surface area contributed by atoms with E-state index in [4.69, 9.17) is 4.74 Å². The number of nitrogens with zero attached hydrogens (tertiary/aromatic N) is 2. The minimum absolute atomic E-state index is 0.169. The van der Waals surface area contributed by atoms with E-state index in [1.165, 1.54) is 0 Å². The third-order valence-corrected chi connectivity index (χ3v) is 6.76. The lowest BCUT2D eigenvalue weighted by Crippen LogP contribution is -2.50. The largest absolute Gasteiger partial charge is 0.460 e. The van der Waals surface area contributed by atoms with E-state index >= 15 is 0 Å². The molecule has 1 aliphatic heterocycles. The van der Waals surface area contributed by atoms with Crippen molar-refractivity contribution >= 4 is 11.9 Å². The van der Waals surface area contributed by atoms with Crippen LogP contribution in [0.3, 0.4) is 0 Å². The summed E-state index contributed by atoms with van der Waals surface area (Å²) in [5, 5.41) is 12.6. The number of ether oxygens (including phenoxy) is 1. The van der Waals surface area contributed by atoms with Crippen molar-refractivity contribution in [3.63, 3.8) is 0 Å². The first-order chi connectivity index (χ1) is 17.0. The fourth-order valence-electron chi connectivity index (χ4n) is 4.63. The first-order valence-electron chi connectivity index (χ1n) is 12.3. The summed E-state index contributed by atoms with van der Waals surface area (Å²) in [6, 6.07) is 19.9. The van der Waals surface area contributed by atoms with E-state index in [1.807, 2.05) is 62.4 Å². The molecule has 4 rings (SSSR count). The molecule has 0 bridgehead atoms. The first-order valence-corrected chi connectivity index (χ1v) is 12.3. The van der Waals surface area contributed by atoms with Crippen LogP contribution < -0.4 is 0 Å². The summed E-state index contributed by atoms with van der Waals surface area (Å²) < 4.78 is 5.86. The number of hydrogen-bond donors (Lipinski definition) is 1. The third-order valence-electron chi connectivity index (χ3n) is 6.76. The van der Waals surface area contributed by atoms with Crippen molar-refractivity contribution in [2.75, 3.05) is 6.54 Å². The van der Waals surface area contributed by atoms with Crippen LogP contribution in [0, 0.1) is 19.3 Å². The molecule has 3 aromatic rings. The topological polar surface area (TPSA) is 79.7 Å². The Hall–Kier alpha value is -3.51. The SMILES string of the molecule is Cc1ccc(C(O)(c2ccc(C)cc2)[C@@H]2C[C@@H](OC(=O)C(C)(C)C)CN2C(=O)c2ccccn2)cc1. The van der Waals surface area contributed by atoms with E-state index in [0.29, 0.717) is 17.5 Å². The molecule has 2 heterocycles. The summed E-state index contributed by atoms with van der Waals surface area (Å²) >= 11 is 0. The Kier molecular flexibility index (Phi) is 7.01. The average Bonchev–Trinajstić information content (AvgIpc) is 3.28. The molecule has 6 nitrogen and oxygen atoms in total. The number of esters is 1. The van der Waals surface area contributed by atoms with E-state index < -0.39 is 23.2 Å². The van der Waals surface area contributed by atoms with Crippen molar-refractivity contribution in [3.05, 3.63) is 101 Å². The summed E-state index contributed by atoms with van der Waals surface area (Å²) in [6.07, 6.45) is 1.30. The van der Waals surface area contributed by atoms with Crippen molar-refractivity contribution in [2.24, 2.45) is 5.41 Å². The normalized spacial score (nSPS) is 18.2. The molecule has 36 heavy (non-hydrogen) atoms. The van der Waals surface area contributed by atoms with Crippen LogP contribution in [0.15, 0.2) is 72.9 Å². The van der Waals surface area contributed by atoms with Crippen molar-refractivity contribution in [2.45, 2.75) is 58.8 Å². The second-order valence-electron chi connectivity index (χ2n) is 10.7. The van der Waals surface area contributed by atoms with Crippen LogP contribution in [0.25, 0.3) is 0 Å². The summed E-state index contributed by atoms with van der Waals surface area (Å²) in [4.78, 5) is 32.3. The number of carbonyl (C=O) groups excluding carboxylic acids is 2. The number of rotatable bonds is 5. The Morgan fingerprint density at radius 2 is 1.47 bits per heavy atom. The summed E-state index contributed by atoms with van der Waals surface area (Å²) in [5.41, 5.74) is 1.53. The van der Waals surface area contributed by atoms with Gasteiger partial charge >= 0.3 is 5.97 Å². The monoisotopic (exact) mass is 486 g/mol. The van der Waals surface area contributed by atoms with E-state index in [1.54, 1.807) is 50.1 Å². The minimum Gasteiger partial charge on any atom is -0.460 e. The molecule has 2 atom stereocenters. The van der Waals surface area contributed by atoms with Crippen LogP contribution in [0.5, 0.6) is 0 Å². The van der Waals surface area contributed by atoms with Gasteiger partial charge in [-0.05, 0) is 57.9 Å². The molecule has 1 N–H and O–H groups in total. The number of benzene rings is 2. The van der Waals surface area contributed by atoms with Gasteiger partial charge in [-0.2, -0.15) is 0 Å². The van der Waals surface area contributed by atoms with Gasteiger partial charge in [0.1, 0.15) is 17.4 Å². The maximum Gasteiger partial charge on any atom is 0.311 e. The maximum absolute atomic E-state index is 13.7. The van der Waals surface area contributed by atoms with Gasteiger partial charge in [0, 0.05) is 12.6 Å². The fraction of sp³-hybridized carbons (Fsp3) is 0.367. The molecule has 0 radical (unpaired) electrons. The van der Waals surface area contributed by atoms with Crippen LogP contribution >= 0.6 is 0 Å². The van der Waals surface area contributed by atoms with Gasteiger partial charge in [-0.1, -0.05) is 65.7 Å². The number of likely N-dealkylation sites (tertiary alicyclic amines) is 1. The van der Waals surface area contributed by atoms with Gasteiger partial charge in [0.15, 0.2) is 0 Å². The number of hydrogen-bond acceptors (Lipinski definition) is 5. The molecular formula is C30H34N2O4. The predicted octanol–water partition coefficient (Wildman–Crippen LogP) is 4.81. The van der Waals surface area contributed by atoms with Crippen molar-refractivity contribution in [1.82, 2.24) is 9.88 Å². The maximum atomic E-state index is 13.7. The quantitative estimate of drug-likeness (QED) is 0.524. The molecule has 0 spiro atoms. The van der Waals surface area contributed by atoms with Gasteiger partial charge in [-0.25, -0.2) is 0 Å². The van der Waals surface area contributed by atoms with Crippen molar-refractivity contribution < 1.29 is 19.4 Å². The van der Waals surface area contributed by atoms with Gasteiger partial charge < -0.3 is 14.7 Å². The second-order valence-corrected chi connectivity index (χ2v) is 10.7. The van der Waals surface area contributed by atoms with E-state index in [-0.39, 0.29) is 24.1 Å². The number of aryl methyl sites for hydroxylation is 2. The fourth-order valence-corrected chi connectivity index (χ4v) is 4.63. The third kappa shape index (κ3) is 5.05. The molecule has 188 valence electrons. The Bertz CT molecular complexity index is 1170. The molecule has 0 saturated carbocycles. The van der Waals surface area contributed by atoms with Crippen molar-refractivity contribution in [1.29, 1.82) is 0 Å². The Labute approximate surface area is 212 Å². The lowest BCUT2D eigenvalue weighted by Gasteiger charge is -2.39. The zero-order valence-corrected chi connectivity index (χ0v) is 21.6. The molecule has 0 unspecified atom stereocenters. The Morgan fingerprint density at radius 3 is 1.94 bits per heavy atom. The number of amides is 1. The zero-order chi connectivity index (χ0) is 26.1. The highest BCUT2D eigenvalue weighted by atomic mass is 16.5. The van der Waals surface area contributed by atoms with Gasteiger partial charge in [0.05, 0.1) is 18.0 Å². The molecule has 1 amide bonds. The molecule has 2 aromatic carbocycles. The summed E-state index contributed by atoms with van der Waals surface area (Å²) in [7, 11) is 0. The van der Waals surface area contributed by atoms with Crippen molar-refractivity contribution in [3.8, 4) is 0 Å². The molecule has 1 fully saturated rings. The van der Waals surface area contributed by atoms with Crippen LogP contribution in [0.4, 0.5) is 0 Å². The summed E-state index contributed by atoms with van der Waals surface area (Å²) in [5.74, 6) is -0.653. The van der Waals surface area contributed by atoms with Gasteiger partial charge in [0.25, 0.3) is 5.91 Å². The molecule has 1 aromatic heterocycles. The lowest BCUT2D eigenvalue weighted by molar-refractivity contribution is -0.158. The average molecular weight is 487 g/mol. The molecule has 1 aliphatic rings. The number of pyridine rings is 1. The minimum atomic E-state index is -1.53. The Morgan fingerprint density at radius 1 is 0.917 bits per heavy atom. The zero-order valence-electron chi connectivity index (χ0n) is 21.6. The molecular weight excluding hydrogens is 452 g/mol. The molecule has 6 heteroatoms. The van der Waals surface area contributed by atoms with E-state index in [9.17, 15) is 14.7 Å². The van der Waals surface area contributed by atoms with E-state index in [2.05, 4.69) is 4.98 Å². The van der Waals surface area contributed by atoms with E-state index in [0.717, 1.165) is 11.1 Å². The highest BCUT2D eigenvalue weighted by molar-refractivity contribution is 5.93. The van der Waals surface area contributed by atoms with Crippen LogP contribution in [0.2, 0.25) is 0 Å². The van der Waals surface area contributed by atoms with Crippen LogP contribution in [-0.2, 0) is 15.1 Å². The molecule has 0 aliphatic carbocycles. The first kappa shape index (κ1) is 25.6. The number of aromatic nitrogens is 1. The van der Waals surface area contributed by atoms with Gasteiger partial charge in [-0.15, -0.1) is 0 Å². The smallest absolute Gasteiger partial charge is 0.311 e. The van der Waals surface area contributed by atoms with Crippen LogP contribution in [0.1, 0.15) is 59.9 Å². The molecule has 1 saturated heterocycles. The Balaban J connectivity index is 1.82. The van der Waals surface area contributed by atoms with Gasteiger partial charge in [-0.3, -0.25) is 14.6 Å². The number of aliphatic hydroxyl groups is 1. The highest BCUT2D eigenvalue weighted by Crippen LogP contribution is 2.42. The lowest BCUT2D eigenvalue weighted by atomic mass is 9.78. The standard InChI is InChI=1S/C30H34N2O4/c1-20-9-13-22(14-10-20)30(35,23-15-11-21(2)12-16-23)26-18-24(36-28(34)29(3,4)5)19-32(26)27(33)25-8-6-7-17-31-25/h6-17,24,26,35H,18-19H2,1-5H3/t24-,26+/m1/s1. The second kappa shape index (κ2) is 9.86.